The van der Waals surface area contributed by atoms with Crippen LogP contribution in [0.15, 0.2) is 12.1 Å². The molecule has 2 unspecified atom stereocenters. The van der Waals surface area contributed by atoms with Crippen LogP contribution in [0.3, 0.4) is 0 Å². The van der Waals surface area contributed by atoms with E-state index in [1.54, 1.807) is 14.0 Å². The average Bonchev–Trinajstić information content (AvgIpc) is 2.93. The minimum absolute atomic E-state index is 0.191. The van der Waals surface area contributed by atoms with E-state index >= 15 is 0 Å². The second kappa shape index (κ2) is 4.72. The molecule has 102 valence electrons. The van der Waals surface area contributed by atoms with Gasteiger partial charge in [0.05, 0.1) is 23.2 Å². The molecule has 3 rings (SSSR count). The molecule has 1 N–H and O–H groups in total. The zero-order valence-electron chi connectivity index (χ0n) is 11.1. The Kier molecular flexibility index (Phi) is 3.19. The number of rotatable bonds is 2. The van der Waals surface area contributed by atoms with Gasteiger partial charge in [-0.05, 0) is 56.1 Å². The van der Waals surface area contributed by atoms with Gasteiger partial charge in [0.25, 0.3) is 0 Å². The van der Waals surface area contributed by atoms with E-state index in [2.05, 4.69) is 9.55 Å². The largest absolute Gasteiger partial charge is 0.379 e. The molecule has 0 saturated heterocycles. The number of fused-ring (bicyclic) bond motifs is 1. The molecule has 0 aliphatic heterocycles. The first kappa shape index (κ1) is 12.8. The van der Waals surface area contributed by atoms with Crippen molar-refractivity contribution in [2.45, 2.75) is 38.3 Å². The Bertz CT molecular complexity index is 676. The molecule has 0 spiro atoms. The lowest BCUT2D eigenvalue weighted by atomic mass is 10.1. The minimum atomic E-state index is -0.203. The highest BCUT2D eigenvalue weighted by molar-refractivity contribution is 7.71. The fourth-order valence-corrected chi connectivity index (χ4v) is 3.40. The average molecular weight is 280 g/mol. The van der Waals surface area contributed by atoms with Gasteiger partial charge in [-0.2, -0.15) is 0 Å². The number of hydrogen-bond donors (Lipinski definition) is 1. The number of aryl methyl sites for hydroxylation is 1. The molecule has 1 fully saturated rings. The Labute approximate surface area is 116 Å². The Morgan fingerprint density at radius 2 is 2.21 bits per heavy atom. The van der Waals surface area contributed by atoms with Crippen LogP contribution in [0.4, 0.5) is 4.39 Å². The number of aromatic nitrogens is 2. The van der Waals surface area contributed by atoms with Crippen molar-refractivity contribution in [3.05, 3.63) is 28.3 Å². The summed E-state index contributed by atoms with van der Waals surface area (Å²) in [6.45, 7) is 1.78. The Hall–Kier alpha value is -1.20. The maximum absolute atomic E-state index is 13.6. The second-order valence-corrected chi connectivity index (χ2v) is 5.58. The number of hydrogen-bond acceptors (Lipinski definition) is 2. The number of aromatic amines is 1. The minimum Gasteiger partial charge on any atom is -0.379 e. The Morgan fingerprint density at radius 1 is 1.42 bits per heavy atom. The van der Waals surface area contributed by atoms with Crippen LogP contribution >= 0.6 is 12.2 Å². The third-order valence-electron chi connectivity index (χ3n) is 4.05. The molecule has 0 bridgehead atoms. The summed E-state index contributed by atoms with van der Waals surface area (Å²) in [6.07, 6.45) is 3.43. The zero-order chi connectivity index (χ0) is 13.6. The number of benzene rings is 1. The molecule has 3 nitrogen and oxygen atoms in total. The number of ether oxygens (including phenoxy) is 1. The molecule has 1 aliphatic rings. The highest BCUT2D eigenvalue weighted by Gasteiger charge is 2.30. The molecule has 2 aromatic rings. The van der Waals surface area contributed by atoms with Crippen LogP contribution in [0.5, 0.6) is 0 Å². The van der Waals surface area contributed by atoms with E-state index in [9.17, 15) is 4.39 Å². The Morgan fingerprint density at radius 3 is 2.95 bits per heavy atom. The molecule has 19 heavy (non-hydrogen) atoms. The van der Waals surface area contributed by atoms with E-state index in [1.807, 2.05) is 6.07 Å². The highest BCUT2D eigenvalue weighted by atomic mass is 32.1. The number of nitrogens with zero attached hydrogens (tertiary/aromatic N) is 1. The lowest BCUT2D eigenvalue weighted by Crippen LogP contribution is -2.20. The first-order valence-corrected chi connectivity index (χ1v) is 6.96. The van der Waals surface area contributed by atoms with E-state index < -0.39 is 0 Å². The normalized spacial score (nSPS) is 23.3. The van der Waals surface area contributed by atoms with Crippen molar-refractivity contribution in [2.24, 2.45) is 0 Å². The first-order chi connectivity index (χ1) is 9.11. The summed E-state index contributed by atoms with van der Waals surface area (Å²) in [5, 5.41) is 0. The van der Waals surface area contributed by atoms with E-state index in [1.165, 1.54) is 6.07 Å². The molecule has 5 heteroatoms. The number of imidazole rings is 1. The molecule has 0 radical (unpaired) electrons. The van der Waals surface area contributed by atoms with Crippen molar-refractivity contribution >= 4 is 23.3 Å². The van der Waals surface area contributed by atoms with Crippen molar-refractivity contribution in [1.29, 1.82) is 0 Å². The smallest absolute Gasteiger partial charge is 0.178 e. The van der Waals surface area contributed by atoms with Crippen LogP contribution < -0.4 is 0 Å². The van der Waals surface area contributed by atoms with Crippen LogP contribution in [0, 0.1) is 17.5 Å². The van der Waals surface area contributed by atoms with Crippen molar-refractivity contribution < 1.29 is 9.13 Å². The fourth-order valence-electron chi connectivity index (χ4n) is 3.06. The third kappa shape index (κ3) is 2.01. The number of nitrogens with one attached hydrogen (secondary N) is 1. The summed E-state index contributed by atoms with van der Waals surface area (Å²) < 4.78 is 21.9. The van der Waals surface area contributed by atoms with Gasteiger partial charge in [-0.3, -0.25) is 0 Å². The standard InChI is InChI=1S/C14H17FN2OS/c1-8-6-12-10(7-9(8)15)16-14(19)17(12)11-4-3-5-13(11)18-2/h6-7,11,13H,3-5H2,1-2H3,(H,16,19). The number of methoxy groups -OCH3 is 1. The fraction of sp³-hybridized carbons (Fsp3) is 0.500. The van der Waals surface area contributed by atoms with Gasteiger partial charge in [0.1, 0.15) is 5.82 Å². The summed E-state index contributed by atoms with van der Waals surface area (Å²) in [5.41, 5.74) is 2.37. The summed E-state index contributed by atoms with van der Waals surface area (Å²) >= 11 is 5.41. The van der Waals surface area contributed by atoms with Crippen molar-refractivity contribution in [2.75, 3.05) is 7.11 Å². The predicted octanol–water partition coefficient (Wildman–Crippen LogP) is 3.89. The van der Waals surface area contributed by atoms with Crippen molar-refractivity contribution in [3.63, 3.8) is 0 Å². The van der Waals surface area contributed by atoms with Crippen LogP contribution in [-0.4, -0.2) is 22.8 Å². The Balaban J connectivity index is 2.20. The highest BCUT2D eigenvalue weighted by Crippen LogP contribution is 2.35. The van der Waals surface area contributed by atoms with Gasteiger partial charge in [0.15, 0.2) is 4.77 Å². The van der Waals surface area contributed by atoms with Crippen molar-refractivity contribution in [1.82, 2.24) is 9.55 Å². The van der Waals surface area contributed by atoms with Gasteiger partial charge < -0.3 is 14.3 Å². The lowest BCUT2D eigenvalue weighted by molar-refractivity contribution is 0.0758. The van der Waals surface area contributed by atoms with Gasteiger partial charge in [-0.25, -0.2) is 4.39 Å². The molecule has 2 atom stereocenters. The maximum Gasteiger partial charge on any atom is 0.178 e. The molecular formula is C14H17FN2OS. The molecule has 1 saturated carbocycles. The van der Waals surface area contributed by atoms with Gasteiger partial charge in [0.2, 0.25) is 0 Å². The SMILES string of the molecule is COC1CCCC1n1c(=S)[nH]c2cc(F)c(C)cc21. The molecule has 1 aromatic heterocycles. The summed E-state index contributed by atoms with van der Waals surface area (Å²) in [4.78, 5) is 3.10. The number of H-pyrrole nitrogens is 1. The van der Waals surface area contributed by atoms with Crippen LogP contribution in [0.1, 0.15) is 30.9 Å². The van der Waals surface area contributed by atoms with E-state index in [0.717, 1.165) is 30.3 Å². The van der Waals surface area contributed by atoms with Crippen molar-refractivity contribution in [3.8, 4) is 0 Å². The van der Waals surface area contributed by atoms with E-state index in [-0.39, 0.29) is 18.0 Å². The van der Waals surface area contributed by atoms with Crippen LogP contribution in [0.2, 0.25) is 0 Å². The topological polar surface area (TPSA) is 29.9 Å². The monoisotopic (exact) mass is 280 g/mol. The lowest BCUT2D eigenvalue weighted by Gasteiger charge is -2.20. The molecule has 1 heterocycles. The number of halogens is 1. The molecular weight excluding hydrogens is 263 g/mol. The molecule has 1 aliphatic carbocycles. The predicted molar refractivity (Wildman–Crippen MR) is 75.5 cm³/mol. The third-order valence-corrected chi connectivity index (χ3v) is 4.35. The first-order valence-electron chi connectivity index (χ1n) is 6.55. The van der Waals surface area contributed by atoms with Gasteiger partial charge in [-0.15, -0.1) is 0 Å². The second-order valence-electron chi connectivity index (χ2n) is 5.19. The van der Waals surface area contributed by atoms with Gasteiger partial charge >= 0.3 is 0 Å². The molecule has 1 aromatic carbocycles. The summed E-state index contributed by atoms with van der Waals surface area (Å²) in [6, 6.07) is 3.63. The quantitative estimate of drug-likeness (QED) is 0.846. The van der Waals surface area contributed by atoms with Gasteiger partial charge in [0, 0.05) is 7.11 Å². The van der Waals surface area contributed by atoms with Gasteiger partial charge in [-0.1, -0.05) is 0 Å². The van der Waals surface area contributed by atoms with E-state index in [0.29, 0.717) is 10.3 Å². The molecule has 0 amide bonds. The summed E-state index contributed by atoms with van der Waals surface area (Å²) in [7, 11) is 1.74. The van der Waals surface area contributed by atoms with E-state index in [4.69, 9.17) is 17.0 Å². The maximum atomic E-state index is 13.6. The van der Waals surface area contributed by atoms with Crippen LogP contribution in [-0.2, 0) is 4.74 Å². The zero-order valence-corrected chi connectivity index (χ0v) is 11.9. The summed E-state index contributed by atoms with van der Waals surface area (Å²) in [5.74, 6) is -0.203. The van der Waals surface area contributed by atoms with Crippen LogP contribution in [0.25, 0.3) is 11.0 Å².